The van der Waals surface area contributed by atoms with Crippen LogP contribution in [0.25, 0.3) is 11.2 Å². The van der Waals surface area contributed by atoms with E-state index in [2.05, 4.69) is 25.6 Å². The van der Waals surface area contributed by atoms with Crippen LogP contribution in [0.15, 0.2) is 54.9 Å². The maximum absolute atomic E-state index is 12.8. The molecule has 0 aliphatic carbocycles. The highest BCUT2D eigenvalue weighted by Crippen LogP contribution is 2.29. The smallest absolute Gasteiger partial charge is 0.416 e. The first-order valence-electron chi connectivity index (χ1n) is 10.5. The molecule has 0 saturated heterocycles. The molecule has 0 bridgehead atoms. The fraction of sp³-hybridized carbons (Fsp3) is 0.261. The number of aromatic hydroxyl groups is 1. The van der Waals surface area contributed by atoms with Crippen molar-refractivity contribution in [3.63, 3.8) is 0 Å². The Kier molecular flexibility index (Phi) is 6.34. The molecule has 0 aliphatic rings. The average Bonchev–Trinajstić information content (AvgIpc) is 3.18. The number of imidazole rings is 1. The molecule has 172 valence electrons. The van der Waals surface area contributed by atoms with E-state index < -0.39 is 11.7 Å². The lowest BCUT2D eigenvalue weighted by Gasteiger charge is -2.11. The maximum Gasteiger partial charge on any atom is 0.416 e. The summed E-state index contributed by atoms with van der Waals surface area (Å²) in [5, 5.41) is 15.8. The summed E-state index contributed by atoms with van der Waals surface area (Å²) in [7, 11) is 0. The van der Waals surface area contributed by atoms with E-state index >= 15 is 0 Å². The Morgan fingerprint density at radius 1 is 0.939 bits per heavy atom. The Morgan fingerprint density at radius 3 is 2.30 bits per heavy atom. The molecule has 0 amide bonds. The fourth-order valence-electron chi connectivity index (χ4n) is 3.40. The normalized spacial score (nSPS) is 11.6. The molecule has 0 atom stereocenters. The van der Waals surface area contributed by atoms with Crippen molar-refractivity contribution >= 4 is 22.9 Å². The largest absolute Gasteiger partial charge is 0.508 e. The van der Waals surface area contributed by atoms with Gasteiger partial charge in [0.05, 0.1) is 18.4 Å². The van der Waals surface area contributed by atoms with Crippen LogP contribution in [0.3, 0.4) is 0 Å². The van der Waals surface area contributed by atoms with Gasteiger partial charge in [0.15, 0.2) is 17.0 Å². The third-order valence-electron chi connectivity index (χ3n) is 5.08. The van der Waals surface area contributed by atoms with Gasteiger partial charge >= 0.3 is 6.18 Å². The summed E-state index contributed by atoms with van der Waals surface area (Å²) in [5.41, 5.74) is 2.24. The molecule has 33 heavy (non-hydrogen) atoms. The molecular weight excluding hydrogens is 433 g/mol. The maximum atomic E-state index is 12.8. The highest BCUT2D eigenvalue weighted by atomic mass is 19.4. The minimum atomic E-state index is -4.37. The number of rotatable bonds is 8. The number of hydrogen-bond acceptors (Lipinski definition) is 6. The molecule has 2 aromatic carbocycles. The van der Waals surface area contributed by atoms with Crippen LogP contribution in [-0.4, -0.2) is 37.7 Å². The summed E-state index contributed by atoms with van der Waals surface area (Å²) in [6.45, 7) is 3.48. The highest BCUT2D eigenvalue weighted by molar-refractivity contribution is 5.84. The number of anilines is 2. The SMILES string of the molecule is CCNc1nc(NCCc2ccc(O)cc2)c2ncn(Cc3ccc(C(F)(F)F)cc3)c2n1. The molecule has 4 aromatic rings. The first kappa shape index (κ1) is 22.4. The van der Waals surface area contributed by atoms with Gasteiger partial charge < -0.3 is 20.3 Å². The standard InChI is InChI=1S/C23H23F3N6O/c1-2-27-22-30-20(28-12-11-15-5-9-18(33)10-6-15)19-21(31-22)32(14-29-19)13-16-3-7-17(8-4-16)23(24,25)26/h3-10,14,33H,2,11-13H2,1H3,(H2,27,28,30,31). The summed E-state index contributed by atoms with van der Waals surface area (Å²) in [4.78, 5) is 13.5. The van der Waals surface area contributed by atoms with E-state index in [1.165, 1.54) is 12.1 Å². The molecule has 2 aromatic heterocycles. The number of phenolic OH excluding ortho intramolecular Hbond substituents is 1. The lowest BCUT2D eigenvalue weighted by Crippen LogP contribution is -2.11. The molecule has 10 heteroatoms. The molecule has 0 spiro atoms. The van der Waals surface area contributed by atoms with E-state index in [9.17, 15) is 18.3 Å². The monoisotopic (exact) mass is 456 g/mol. The summed E-state index contributed by atoms with van der Waals surface area (Å²) in [5.74, 6) is 1.23. The van der Waals surface area contributed by atoms with Gasteiger partial charge in [-0.05, 0) is 48.7 Å². The second kappa shape index (κ2) is 9.35. The van der Waals surface area contributed by atoms with Crippen LogP contribution in [0, 0.1) is 0 Å². The molecule has 0 unspecified atom stereocenters. The number of nitrogens with zero attached hydrogens (tertiary/aromatic N) is 4. The zero-order chi connectivity index (χ0) is 23.4. The molecule has 0 fully saturated rings. The summed E-state index contributed by atoms with van der Waals surface area (Å²) in [6, 6.07) is 12.1. The van der Waals surface area contributed by atoms with Crippen molar-refractivity contribution in [1.82, 2.24) is 19.5 Å². The van der Waals surface area contributed by atoms with Crippen LogP contribution < -0.4 is 10.6 Å². The van der Waals surface area contributed by atoms with Gasteiger partial charge in [0.2, 0.25) is 5.95 Å². The molecule has 0 saturated carbocycles. The number of halogens is 3. The first-order valence-corrected chi connectivity index (χ1v) is 10.5. The van der Waals surface area contributed by atoms with E-state index in [0.29, 0.717) is 54.5 Å². The van der Waals surface area contributed by atoms with Crippen molar-refractivity contribution in [1.29, 1.82) is 0 Å². The summed E-state index contributed by atoms with van der Waals surface area (Å²) in [6.07, 6.45) is -2.04. The van der Waals surface area contributed by atoms with Crippen LogP contribution in [0.5, 0.6) is 5.75 Å². The molecule has 0 radical (unpaired) electrons. The van der Waals surface area contributed by atoms with Crippen molar-refractivity contribution in [3.8, 4) is 5.75 Å². The quantitative estimate of drug-likeness (QED) is 0.357. The van der Waals surface area contributed by atoms with Crippen molar-refractivity contribution in [2.75, 3.05) is 23.7 Å². The summed E-state index contributed by atoms with van der Waals surface area (Å²) < 4.78 is 40.3. The number of aromatic nitrogens is 4. The van der Waals surface area contributed by atoms with Crippen LogP contribution in [0.2, 0.25) is 0 Å². The number of fused-ring (bicyclic) bond motifs is 1. The van der Waals surface area contributed by atoms with Gasteiger partial charge in [-0.25, -0.2) is 4.98 Å². The Labute approximate surface area is 188 Å². The molecule has 2 heterocycles. The first-order chi connectivity index (χ1) is 15.8. The molecule has 0 aliphatic heterocycles. The lowest BCUT2D eigenvalue weighted by atomic mass is 10.1. The number of benzene rings is 2. The Morgan fingerprint density at radius 2 is 1.64 bits per heavy atom. The van der Waals surface area contributed by atoms with E-state index in [4.69, 9.17) is 0 Å². The van der Waals surface area contributed by atoms with E-state index in [1.807, 2.05) is 19.1 Å². The van der Waals surface area contributed by atoms with Crippen molar-refractivity contribution in [3.05, 3.63) is 71.5 Å². The zero-order valence-electron chi connectivity index (χ0n) is 17.9. The molecule has 7 nitrogen and oxygen atoms in total. The van der Waals surface area contributed by atoms with Crippen molar-refractivity contribution in [2.45, 2.75) is 26.1 Å². The lowest BCUT2D eigenvalue weighted by molar-refractivity contribution is -0.137. The van der Waals surface area contributed by atoms with Gasteiger partial charge in [-0.15, -0.1) is 0 Å². The van der Waals surface area contributed by atoms with E-state index in [1.54, 1.807) is 23.0 Å². The minimum absolute atomic E-state index is 0.220. The number of hydrogen-bond donors (Lipinski definition) is 3. The predicted molar refractivity (Wildman–Crippen MR) is 120 cm³/mol. The van der Waals surface area contributed by atoms with E-state index in [0.717, 1.165) is 17.7 Å². The molecule has 4 rings (SSSR count). The van der Waals surface area contributed by atoms with Crippen molar-refractivity contribution < 1.29 is 18.3 Å². The van der Waals surface area contributed by atoms with Gasteiger partial charge in [-0.1, -0.05) is 24.3 Å². The average molecular weight is 456 g/mol. The minimum Gasteiger partial charge on any atom is -0.508 e. The van der Waals surface area contributed by atoms with Crippen LogP contribution >= 0.6 is 0 Å². The zero-order valence-corrected chi connectivity index (χ0v) is 17.9. The second-order valence-corrected chi connectivity index (χ2v) is 7.51. The van der Waals surface area contributed by atoms with Crippen molar-refractivity contribution in [2.24, 2.45) is 0 Å². The topological polar surface area (TPSA) is 87.9 Å². The van der Waals surface area contributed by atoms with Gasteiger partial charge in [-0.2, -0.15) is 23.1 Å². The summed E-state index contributed by atoms with van der Waals surface area (Å²) >= 11 is 0. The number of phenols is 1. The van der Waals surface area contributed by atoms with E-state index in [-0.39, 0.29) is 5.75 Å². The number of alkyl halides is 3. The van der Waals surface area contributed by atoms with Crippen LogP contribution in [0.4, 0.5) is 24.9 Å². The Hall–Kier alpha value is -3.82. The Balaban J connectivity index is 1.56. The van der Waals surface area contributed by atoms with Gasteiger partial charge in [-0.3, -0.25) is 0 Å². The second-order valence-electron chi connectivity index (χ2n) is 7.51. The van der Waals surface area contributed by atoms with Gasteiger partial charge in [0.1, 0.15) is 5.75 Å². The third kappa shape index (κ3) is 5.33. The number of nitrogens with one attached hydrogen (secondary N) is 2. The van der Waals surface area contributed by atoms with Crippen LogP contribution in [-0.2, 0) is 19.1 Å². The highest BCUT2D eigenvalue weighted by Gasteiger charge is 2.29. The third-order valence-corrected chi connectivity index (χ3v) is 5.08. The van der Waals surface area contributed by atoms with Crippen LogP contribution in [0.1, 0.15) is 23.6 Å². The van der Waals surface area contributed by atoms with Gasteiger partial charge in [0, 0.05) is 13.1 Å². The molecule has 3 N–H and O–H groups in total. The fourth-order valence-corrected chi connectivity index (χ4v) is 3.40. The predicted octanol–water partition coefficient (Wildman–Crippen LogP) is 4.69. The Bertz CT molecular complexity index is 1220. The molecular formula is C23H23F3N6O. The van der Waals surface area contributed by atoms with Gasteiger partial charge in [0.25, 0.3) is 0 Å².